The molecule has 0 spiro atoms. The Morgan fingerprint density at radius 1 is 1.11 bits per heavy atom. The number of carbonyl (C=O) groups is 2. The number of benzene rings is 2. The molecule has 1 aliphatic heterocycles. The molecule has 2 aromatic rings. The fourth-order valence-electron chi connectivity index (χ4n) is 3.61. The number of hydrogen-bond acceptors (Lipinski definition) is 2. The van der Waals surface area contributed by atoms with E-state index in [2.05, 4.69) is 10.6 Å². The summed E-state index contributed by atoms with van der Waals surface area (Å²) in [5.41, 5.74) is 1.67. The lowest BCUT2D eigenvalue weighted by Crippen LogP contribution is -2.44. The quantitative estimate of drug-likeness (QED) is 0.705. The molecule has 6 heteroatoms. The highest BCUT2D eigenvalue weighted by Crippen LogP contribution is 2.30. The van der Waals surface area contributed by atoms with E-state index in [0.717, 1.165) is 17.5 Å². The summed E-state index contributed by atoms with van der Waals surface area (Å²) in [6.45, 7) is 0.501. The van der Waals surface area contributed by atoms with Crippen LogP contribution in [0.1, 0.15) is 36.8 Å². The molecule has 4 nitrogen and oxygen atoms in total. The highest BCUT2D eigenvalue weighted by molar-refractivity contribution is 6.30. The van der Waals surface area contributed by atoms with Gasteiger partial charge < -0.3 is 10.6 Å². The predicted octanol–water partition coefficient (Wildman–Crippen LogP) is 3.81. The van der Waals surface area contributed by atoms with E-state index in [1.54, 1.807) is 12.1 Å². The maximum Gasteiger partial charge on any atom is 0.220 e. The number of amides is 2. The van der Waals surface area contributed by atoms with Gasteiger partial charge in [0.15, 0.2) is 0 Å². The van der Waals surface area contributed by atoms with Crippen LogP contribution in [0.2, 0.25) is 5.02 Å². The Balaban J connectivity index is 1.50. The first-order valence-corrected chi connectivity index (χ1v) is 9.89. The maximum atomic E-state index is 12.9. The number of carbonyl (C=O) groups excluding carboxylic acids is 2. The van der Waals surface area contributed by atoms with E-state index in [1.807, 2.05) is 24.3 Å². The molecule has 0 aliphatic carbocycles. The molecule has 1 fully saturated rings. The zero-order valence-electron chi connectivity index (χ0n) is 15.6. The smallest absolute Gasteiger partial charge is 0.220 e. The van der Waals surface area contributed by atoms with Gasteiger partial charge in [0.25, 0.3) is 0 Å². The van der Waals surface area contributed by atoms with Gasteiger partial charge in [-0.3, -0.25) is 9.59 Å². The average Bonchev–Trinajstić information content (AvgIpc) is 3.04. The second kappa shape index (κ2) is 9.20. The molecule has 0 bridgehead atoms. The minimum Gasteiger partial charge on any atom is -0.356 e. The van der Waals surface area contributed by atoms with Crippen LogP contribution in [0, 0.1) is 5.82 Å². The third-order valence-electron chi connectivity index (χ3n) is 5.17. The van der Waals surface area contributed by atoms with Crippen molar-refractivity contribution in [3.63, 3.8) is 0 Å². The largest absolute Gasteiger partial charge is 0.356 e. The summed E-state index contributed by atoms with van der Waals surface area (Å²) >= 11 is 5.95. The first-order valence-electron chi connectivity index (χ1n) is 9.51. The minimum absolute atomic E-state index is 0.0330. The van der Waals surface area contributed by atoms with Crippen molar-refractivity contribution in [2.45, 2.75) is 44.1 Å². The molecular formula is C22H24ClFN2O2. The minimum atomic E-state index is -0.390. The number of nitrogens with one attached hydrogen (secondary N) is 2. The van der Waals surface area contributed by atoms with Gasteiger partial charge >= 0.3 is 0 Å². The molecule has 0 unspecified atom stereocenters. The molecule has 28 heavy (non-hydrogen) atoms. The van der Waals surface area contributed by atoms with Crippen LogP contribution >= 0.6 is 11.6 Å². The Kier molecular flexibility index (Phi) is 6.68. The molecular weight excluding hydrogens is 379 g/mol. The number of rotatable bonds is 8. The fourth-order valence-corrected chi connectivity index (χ4v) is 3.74. The molecule has 2 N–H and O–H groups in total. The van der Waals surface area contributed by atoms with Gasteiger partial charge in [0, 0.05) is 29.9 Å². The fraction of sp³-hybridized carbons (Fsp3) is 0.364. The lowest BCUT2D eigenvalue weighted by atomic mass is 9.85. The predicted molar refractivity (Wildman–Crippen MR) is 108 cm³/mol. The molecule has 2 aromatic carbocycles. The standard InChI is InChI=1S/C22H24ClFN2O2/c23-18-5-1-17(2-6-18)15-22(13-10-21(28)26-22)12-9-20(27)25-14-11-16-3-7-19(24)8-4-16/h1-8H,9-15H2,(H,25,27)(H,26,28)/t22-/m0/s1. The van der Waals surface area contributed by atoms with Gasteiger partial charge in [-0.1, -0.05) is 35.9 Å². The second-order valence-corrected chi connectivity index (χ2v) is 7.79. The molecule has 2 amide bonds. The van der Waals surface area contributed by atoms with Gasteiger partial charge in [-0.25, -0.2) is 4.39 Å². The molecule has 1 heterocycles. The molecule has 1 atom stereocenters. The van der Waals surface area contributed by atoms with Crippen LogP contribution < -0.4 is 10.6 Å². The topological polar surface area (TPSA) is 58.2 Å². The first-order chi connectivity index (χ1) is 13.4. The van der Waals surface area contributed by atoms with E-state index in [-0.39, 0.29) is 23.2 Å². The van der Waals surface area contributed by atoms with Gasteiger partial charge in [-0.2, -0.15) is 0 Å². The summed E-state index contributed by atoms with van der Waals surface area (Å²) in [6.07, 6.45) is 3.47. The van der Waals surface area contributed by atoms with Crippen molar-refractivity contribution in [2.24, 2.45) is 0 Å². The lowest BCUT2D eigenvalue weighted by molar-refractivity contribution is -0.122. The van der Waals surface area contributed by atoms with E-state index >= 15 is 0 Å². The summed E-state index contributed by atoms with van der Waals surface area (Å²) in [5.74, 6) is -0.276. The molecule has 3 rings (SSSR count). The number of halogens is 2. The Morgan fingerprint density at radius 2 is 1.79 bits per heavy atom. The van der Waals surface area contributed by atoms with Crippen LogP contribution in [-0.4, -0.2) is 23.9 Å². The van der Waals surface area contributed by atoms with Crippen LogP contribution in [0.5, 0.6) is 0 Å². The van der Waals surface area contributed by atoms with Crippen molar-refractivity contribution in [1.82, 2.24) is 10.6 Å². The Bertz CT molecular complexity index is 823. The highest BCUT2D eigenvalue weighted by atomic mass is 35.5. The zero-order chi connectivity index (χ0) is 20.0. The second-order valence-electron chi connectivity index (χ2n) is 7.36. The van der Waals surface area contributed by atoms with E-state index < -0.39 is 0 Å². The third kappa shape index (κ3) is 5.80. The van der Waals surface area contributed by atoms with Crippen LogP contribution in [-0.2, 0) is 22.4 Å². The van der Waals surface area contributed by atoms with Crippen molar-refractivity contribution in [3.05, 3.63) is 70.5 Å². The van der Waals surface area contributed by atoms with Gasteiger partial charge in [-0.05, 0) is 61.1 Å². The average molecular weight is 403 g/mol. The van der Waals surface area contributed by atoms with Crippen molar-refractivity contribution in [3.8, 4) is 0 Å². The third-order valence-corrected chi connectivity index (χ3v) is 5.42. The number of hydrogen-bond donors (Lipinski definition) is 2. The summed E-state index contributed by atoms with van der Waals surface area (Å²) in [7, 11) is 0. The summed E-state index contributed by atoms with van der Waals surface area (Å²) in [4.78, 5) is 24.1. The molecule has 1 aliphatic rings. The van der Waals surface area contributed by atoms with Gasteiger partial charge in [-0.15, -0.1) is 0 Å². The van der Waals surface area contributed by atoms with E-state index in [9.17, 15) is 14.0 Å². The maximum absolute atomic E-state index is 12.9. The van der Waals surface area contributed by atoms with Gasteiger partial charge in [0.2, 0.25) is 11.8 Å². The summed E-state index contributed by atoms with van der Waals surface area (Å²) in [5, 5.41) is 6.67. The van der Waals surface area contributed by atoms with Crippen LogP contribution in [0.3, 0.4) is 0 Å². The lowest BCUT2D eigenvalue weighted by Gasteiger charge is -2.29. The van der Waals surface area contributed by atoms with Crippen LogP contribution in [0.4, 0.5) is 4.39 Å². The highest BCUT2D eigenvalue weighted by Gasteiger charge is 2.37. The van der Waals surface area contributed by atoms with E-state index in [0.29, 0.717) is 43.7 Å². The van der Waals surface area contributed by atoms with Crippen molar-refractivity contribution in [2.75, 3.05) is 6.54 Å². The molecule has 1 saturated heterocycles. The summed E-state index contributed by atoms with van der Waals surface area (Å²) < 4.78 is 12.9. The SMILES string of the molecule is O=C(CC[C@@]1(Cc2ccc(Cl)cc2)CCC(=O)N1)NCCc1ccc(F)cc1. The van der Waals surface area contributed by atoms with Crippen LogP contribution in [0.15, 0.2) is 48.5 Å². The van der Waals surface area contributed by atoms with Crippen molar-refractivity contribution in [1.29, 1.82) is 0 Å². The van der Waals surface area contributed by atoms with Crippen molar-refractivity contribution >= 4 is 23.4 Å². The van der Waals surface area contributed by atoms with Gasteiger partial charge in [0.1, 0.15) is 5.82 Å². The first kappa shape index (κ1) is 20.3. The molecule has 0 aromatic heterocycles. The Hall–Kier alpha value is -2.40. The summed E-state index contributed by atoms with van der Waals surface area (Å²) in [6, 6.07) is 13.9. The molecule has 0 radical (unpaired) electrons. The Morgan fingerprint density at radius 3 is 2.43 bits per heavy atom. The zero-order valence-corrected chi connectivity index (χ0v) is 16.4. The molecule has 148 valence electrons. The van der Waals surface area contributed by atoms with E-state index in [4.69, 9.17) is 11.6 Å². The Labute approximate surface area is 169 Å². The monoisotopic (exact) mass is 402 g/mol. The van der Waals surface area contributed by atoms with Crippen LogP contribution in [0.25, 0.3) is 0 Å². The van der Waals surface area contributed by atoms with E-state index in [1.165, 1.54) is 12.1 Å². The van der Waals surface area contributed by atoms with Gasteiger partial charge in [0.05, 0.1) is 0 Å². The van der Waals surface area contributed by atoms with Crippen molar-refractivity contribution < 1.29 is 14.0 Å². The molecule has 0 saturated carbocycles. The normalized spacial score (nSPS) is 18.7.